The third kappa shape index (κ3) is 3.94. The quantitative estimate of drug-likeness (QED) is 0.679. The molecule has 2 saturated heterocycles. The maximum atomic E-state index is 14.0. The third-order valence-electron chi connectivity index (χ3n) is 7.21. The molecule has 1 amide bonds. The largest absolute Gasteiger partial charge is 0.450 e. The molecule has 1 saturated carbocycles. The minimum Gasteiger partial charge on any atom is -0.450 e. The second kappa shape index (κ2) is 8.35. The predicted octanol–water partition coefficient (Wildman–Crippen LogP) is 2.75. The third-order valence-corrected chi connectivity index (χ3v) is 7.21. The van der Waals surface area contributed by atoms with E-state index in [-0.39, 0.29) is 11.5 Å². The number of nitrogens with zero attached hydrogens (tertiary/aromatic N) is 6. The summed E-state index contributed by atoms with van der Waals surface area (Å²) in [6.07, 6.45) is 6.99. The van der Waals surface area contributed by atoms with Crippen LogP contribution in [0.2, 0.25) is 0 Å². The summed E-state index contributed by atoms with van der Waals surface area (Å²) in [5, 5.41) is 0. The SMILES string of the molecule is CCOC(=O)N1CC2(CC[C@@H](N3CCN(c4nc(F)ccc4-c4cn(C)cn4)CC3)C2)C1. The minimum absolute atomic E-state index is 0.179. The molecule has 2 aromatic rings. The molecule has 172 valence electrons. The molecule has 1 aliphatic carbocycles. The first-order chi connectivity index (χ1) is 15.5. The van der Waals surface area contributed by atoms with Crippen LogP contribution in [0.1, 0.15) is 26.2 Å². The molecule has 8 nitrogen and oxygen atoms in total. The van der Waals surface area contributed by atoms with Crippen molar-refractivity contribution in [2.24, 2.45) is 12.5 Å². The van der Waals surface area contributed by atoms with Gasteiger partial charge in [0.2, 0.25) is 5.95 Å². The summed E-state index contributed by atoms with van der Waals surface area (Å²) in [5.74, 6) is 0.214. The molecule has 3 aliphatic rings. The van der Waals surface area contributed by atoms with Gasteiger partial charge in [0, 0.05) is 69.5 Å². The molecular weight excluding hydrogens is 411 g/mol. The summed E-state index contributed by atoms with van der Waals surface area (Å²) >= 11 is 0. The topological polar surface area (TPSA) is 66.7 Å². The van der Waals surface area contributed by atoms with E-state index in [0.29, 0.717) is 18.5 Å². The van der Waals surface area contributed by atoms with Crippen LogP contribution in [-0.2, 0) is 11.8 Å². The molecule has 0 bridgehead atoms. The number of imidazole rings is 1. The van der Waals surface area contributed by atoms with Crippen LogP contribution in [0.15, 0.2) is 24.7 Å². The molecule has 4 heterocycles. The maximum absolute atomic E-state index is 14.0. The first-order valence-electron chi connectivity index (χ1n) is 11.5. The van der Waals surface area contributed by atoms with Crippen LogP contribution in [0.4, 0.5) is 15.0 Å². The first-order valence-corrected chi connectivity index (χ1v) is 11.5. The molecule has 1 atom stereocenters. The van der Waals surface area contributed by atoms with E-state index in [2.05, 4.69) is 19.8 Å². The Morgan fingerprint density at radius 1 is 1.25 bits per heavy atom. The van der Waals surface area contributed by atoms with Gasteiger partial charge in [-0.15, -0.1) is 0 Å². The van der Waals surface area contributed by atoms with Gasteiger partial charge in [0.05, 0.1) is 18.6 Å². The summed E-state index contributed by atoms with van der Waals surface area (Å²) in [6, 6.07) is 3.73. The highest BCUT2D eigenvalue weighted by molar-refractivity contribution is 5.73. The van der Waals surface area contributed by atoms with E-state index in [9.17, 15) is 9.18 Å². The Hall–Kier alpha value is -2.68. The van der Waals surface area contributed by atoms with Crippen molar-refractivity contribution in [3.8, 4) is 11.3 Å². The summed E-state index contributed by atoms with van der Waals surface area (Å²) in [6.45, 7) is 7.41. The van der Waals surface area contributed by atoms with Crippen molar-refractivity contribution in [1.82, 2.24) is 24.3 Å². The predicted molar refractivity (Wildman–Crippen MR) is 119 cm³/mol. The standard InChI is InChI=1S/C23H31FN6O2/c1-3-32-22(31)30-14-23(15-30)7-6-17(12-23)28-8-10-29(11-9-28)21-18(4-5-20(24)26-21)19-13-27(2)16-25-19/h4-5,13,16-17H,3,6-12,14-15H2,1-2H3/t17-/m1/s1. The summed E-state index contributed by atoms with van der Waals surface area (Å²) in [7, 11) is 1.92. The van der Waals surface area contributed by atoms with Gasteiger partial charge < -0.3 is 19.1 Å². The number of ether oxygens (including phenoxy) is 1. The highest BCUT2D eigenvalue weighted by Crippen LogP contribution is 2.47. The van der Waals surface area contributed by atoms with E-state index in [1.54, 1.807) is 12.4 Å². The Bertz CT molecular complexity index is 981. The summed E-state index contributed by atoms with van der Waals surface area (Å²) in [5.41, 5.74) is 1.95. The average Bonchev–Trinajstić information content (AvgIpc) is 3.40. The van der Waals surface area contributed by atoms with Crippen LogP contribution in [0.5, 0.6) is 0 Å². The Morgan fingerprint density at radius 3 is 2.72 bits per heavy atom. The Balaban J connectivity index is 1.20. The lowest BCUT2D eigenvalue weighted by atomic mass is 9.78. The van der Waals surface area contributed by atoms with Crippen molar-refractivity contribution in [2.75, 3.05) is 50.8 Å². The van der Waals surface area contributed by atoms with Gasteiger partial charge in [-0.3, -0.25) is 4.90 Å². The number of likely N-dealkylation sites (tertiary alicyclic amines) is 1. The fourth-order valence-electron chi connectivity index (χ4n) is 5.60. The normalized spacial score (nSPS) is 22.9. The zero-order valence-corrected chi connectivity index (χ0v) is 18.8. The number of carbonyl (C=O) groups is 1. The monoisotopic (exact) mass is 442 g/mol. The van der Waals surface area contributed by atoms with Crippen LogP contribution >= 0.6 is 0 Å². The van der Waals surface area contributed by atoms with E-state index in [4.69, 9.17) is 4.74 Å². The van der Waals surface area contributed by atoms with Crippen molar-refractivity contribution in [3.05, 3.63) is 30.6 Å². The van der Waals surface area contributed by atoms with Crippen LogP contribution in [0, 0.1) is 11.4 Å². The minimum atomic E-state index is -0.462. The van der Waals surface area contributed by atoms with Crippen molar-refractivity contribution in [2.45, 2.75) is 32.2 Å². The number of amides is 1. The lowest BCUT2D eigenvalue weighted by Gasteiger charge is -2.48. The maximum Gasteiger partial charge on any atom is 0.409 e. The second-order valence-corrected chi connectivity index (χ2v) is 9.40. The van der Waals surface area contributed by atoms with E-state index in [1.165, 1.54) is 18.9 Å². The number of carbonyl (C=O) groups excluding carboxylic acids is 1. The van der Waals surface area contributed by atoms with Gasteiger partial charge in [-0.25, -0.2) is 14.8 Å². The molecule has 9 heteroatoms. The second-order valence-electron chi connectivity index (χ2n) is 9.40. The number of piperazine rings is 1. The molecule has 2 aliphatic heterocycles. The van der Waals surface area contributed by atoms with E-state index in [0.717, 1.165) is 56.9 Å². The Labute approximate surface area is 188 Å². The number of pyridine rings is 1. The zero-order valence-electron chi connectivity index (χ0n) is 18.8. The molecule has 0 N–H and O–H groups in total. The molecule has 2 aromatic heterocycles. The van der Waals surface area contributed by atoms with Gasteiger partial charge in [-0.05, 0) is 38.3 Å². The lowest BCUT2D eigenvalue weighted by molar-refractivity contribution is -0.00294. The van der Waals surface area contributed by atoms with E-state index < -0.39 is 5.95 Å². The Morgan fingerprint density at radius 2 is 2.03 bits per heavy atom. The van der Waals surface area contributed by atoms with Crippen molar-refractivity contribution < 1.29 is 13.9 Å². The van der Waals surface area contributed by atoms with E-state index in [1.807, 2.05) is 29.6 Å². The first kappa shape index (κ1) is 21.2. The number of rotatable bonds is 4. The van der Waals surface area contributed by atoms with Crippen LogP contribution in [0.3, 0.4) is 0 Å². The zero-order chi connectivity index (χ0) is 22.3. The molecule has 0 radical (unpaired) electrons. The van der Waals surface area contributed by atoms with Crippen LogP contribution < -0.4 is 4.90 Å². The highest BCUT2D eigenvalue weighted by atomic mass is 19.1. The molecular formula is C23H31FN6O2. The number of halogens is 1. The fraction of sp³-hybridized carbons (Fsp3) is 0.609. The lowest BCUT2D eigenvalue weighted by Crippen LogP contribution is -2.58. The van der Waals surface area contributed by atoms with Crippen molar-refractivity contribution in [1.29, 1.82) is 0 Å². The number of hydrogen-bond donors (Lipinski definition) is 0. The Kier molecular flexibility index (Phi) is 5.53. The molecule has 1 spiro atoms. The number of anilines is 1. The summed E-state index contributed by atoms with van der Waals surface area (Å²) in [4.78, 5) is 27.2. The molecule has 0 aromatic carbocycles. The van der Waals surface area contributed by atoms with Crippen LogP contribution in [-0.4, -0.2) is 82.3 Å². The van der Waals surface area contributed by atoms with Crippen LogP contribution in [0.25, 0.3) is 11.3 Å². The van der Waals surface area contributed by atoms with Gasteiger partial charge in [-0.2, -0.15) is 4.39 Å². The smallest absolute Gasteiger partial charge is 0.409 e. The van der Waals surface area contributed by atoms with Gasteiger partial charge in [-0.1, -0.05) is 0 Å². The number of aromatic nitrogens is 3. The molecule has 5 rings (SSSR count). The number of hydrogen-bond acceptors (Lipinski definition) is 6. The van der Waals surface area contributed by atoms with E-state index >= 15 is 0 Å². The van der Waals surface area contributed by atoms with Gasteiger partial charge in [0.15, 0.2) is 0 Å². The molecule has 0 unspecified atom stereocenters. The molecule has 3 fully saturated rings. The van der Waals surface area contributed by atoms with Crippen molar-refractivity contribution in [3.63, 3.8) is 0 Å². The molecule has 32 heavy (non-hydrogen) atoms. The van der Waals surface area contributed by atoms with Gasteiger partial charge in [0.1, 0.15) is 5.82 Å². The average molecular weight is 443 g/mol. The highest BCUT2D eigenvalue weighted by Gasteiger charge is 2.51. The summed E-state index contributed by atoms with van der Waals surface area (Å²) < 4.78 is 21.0. The fourth-order valence-corrected chi connectivity index (χ4v) is 5.60. The van der Waals surface area contributed by atoms with Crippen molar-refractivity contribution >= 4 is 11.9 Å². The van der Waals surface area contributed by atoms with Gasteiger partial charge >= 0.3 is 6.09 Å². The van der Waals surface area contributed by atoms with Gasteiger partial charge in [0.25, 0.3) is 0 Å². The number of aryl methyl sites for hydroxylation is 1.